The average molecular weight is 450 g/mol. The number of alkyl halides is 3. The number of hydrogen-bond donors (Lipinski definition) is 0. The number of benzene rings is 1. The average Bonchev–Trinajstić information content (AvgIpc) is 3.12. The summed E-state index contributed by atoms with van der Waals surface area (Å²) in [7, 11) is 2.40. The minimum absolute atomic E-state index is 0.0432. The van der Waals surface area contributed by atoms with Gasteiger partial charge >= 0.3 is 24.1 Å². The van der Waals surface area contributed by atoms with Gasteiger partial charge in [-0.15, -0.1) is 0 Å². The van der Waals surface area contributed by atoms with E-state index in [1.54, 1.807) is 37.3 Å². The molecule has 3 atom stereocenters. The van der Waals surface area contributed by atoms with Crippen LogP contribution in [0.4, 0.5) is 18.0 Å². The van der Waals surface area contributed by atoms with Crippen molar-refractivity contribution in [3.63, 3.8) is 0 Å². The second kappa shape index (κ2) is 7.68. The summed E-state index contributed by atoms with van der Waals surface area (Å²) in [6.45, 7) is 1.35. The molecule has 1 aliphatic carbocycles. The summed E-state index contributed by atoms with van der Waals surface area (Å²) in [5.41, 5.74) is 1.46. The summed E-state index contributed by atoms with van der Waals surface area (Å²) in [6.07, 6.45) is -4.23. The number of allylic oxidation sites excluding steroid dienone is 1. The molecule has 10 heteroatoms. The number of ether oxygens (including phenoxy) is 2. The van der Waals surface area contributed by atoms with Gasteiger partial charge in [-0.25, -0.2) is 9.36 Å². The minimum Gasteiger partial charge on any atom is -0.469 e. The Balaban J connectivity index is 2.08. The standard InChI is InChI=1S/C22H21F3N2O5/c1-4-11-10-26(20(29)22(23,24)25)15-9-13(11)17(19(28)31-2)16-12-7-5-6-8-14(12)27(18(15)16)21(30)32-3/h4-8,13,15,17H,9-10H2,1-3H3/b11-4-/t13-,15-,17-/m0/s1. The molecular formula is C22H21F3N2O5. The van der Waals surface area contributed by atoms with Crippen LogP contribution < -0.4 is 0 Å². The van der Waals surface area contributed by atoms with Gasteiger partial charge in [0.05, 0.1) is 37.4 Å². The number of para-hydroxylation sites is 1. The number of hydrogen-bond acceptors (Lipinski definition) is 5. The molecule has 1 aromatic carbocycles. The van der Waals surface area contributed by atoms with Crippen molar-refractivity contribution in [2.24, 2.45) is 5.92 Å². The second-order valence-corrected chi connectivity index (χ2v) is 7.77. The Kier molecular flexibility index (Phi) is 5.26. The van der Waals surface area contributed by atoms with Crippen LogP contribution in [0.1, 0.15) is 36.6 Å². The molecule has 1 saturated heterocycles. The number of aromatic nitrogens is 1. The van der Waals surface area contributed by atoms with Crippen molar-refractivity contribution in [2.45, 2.75) is 31.5 Å². The largest absolute Gasteiger partial charge is 0.471 e. The van der Waals surface area contributed by atoms with E-state index >= 15 is 0 Å². The third-order valence-electron chi connectivity index (χ3n) is 6.35. The highest BCUT2D eigenvalue weighted by atomic mass is 19.4. The molecule has 2 aliphatic rings. The van der Waals surface area contributed by atoms with E-state index in [0.717, 1.165) is 12.0 Å². The Morgan fingerprint density at radius 2 is 1.81 bits per heavy atom. The lowest BCUT2D eigenvalue weighted by molar-refractivity contribution is -0.189. The van der Waals surface area contributed by atoms with Gasteiger partial charge in [0.1, 0.15) is 0 Å². The van der Waals surface area contributed by atoms with Gasteiger partial charge in [0, 0.05) is 17.8 Å². The van der Waals surface area contributed by atoms with Gasteiger partial charge in [0.2, 0.25) is 0 Å². The zero-order chi connectivity index (χ0) is 23.4. The van der Waals surface area contributed by atoms with Crippen LogP contribution >= 0.6 is 0 Å². The topological polar surface area (TPSA) is 77.8 Å². The van der Waals surface area contributed by atoms with Crippen molar-refractivity contribution >= 4 is 28.9 Å². The van der Waals surface area contributed by atoms with Crippen LogP contribution in [0, 0.1) is 5.92 Å². The number of piperidine rings is 1. The number of rotatable bonds is 1. The van der Waals surface area contributed by atoms with Crippen molar-refractivity contribution in [1.82, 2.24) is 9.47 Å². The van der Waals surface area contributed by atoms with Gasteiger partial charge in [-0.05, 0) is 25.0 Å². The molecule has 1 aromatic heterocycles. The third-order valence-corrected chi connectivity index (χ3v) is 6.35. The molecule has 1 aliphatic heterocycles. The molecule has 0 saturated carbocycles. The number of methoxy groups -OCH3 is 2. The van der Waals surface area contributed by atoms with Gasteiger partial charge in [-0.3, -0.25) is 9.59 Å². The van der Waals surface area contributed by atoms with Gasteiger partial charge in [-0.1, -0.05) is 29.8 Å². The highest BCUT2D eigenvalue weighted by Crippen LogP contribution is 2.54. The van der Waals surface area contributed by atoms with E-state index < -0.39 is 42.0 Å². The van der Waals surface area contributed by atoms with E-state index in [-0.39, 0.29) is 18.7 Å². The smallest absolute Gasteiger partial charge is 0.469 e. The van der Waals surface area contributed by atoms with Crippen molar-refractivity contribution in [2.75, 3.05) is 20.8 Å². The number of carbonyl (C=O) groups is 3. The van der Waals surface area contributed by atoms with E-state index in [0.29, 0.717) is 22.0 Å². The Morgan fingerprint density at radius 1 is 1.12 bits per heavy atom. The van der Waals surface area contributed by atoms with E-state index in [9.17, 15) is 27.6 Å². The molecule has 1 amide bonds. The number of halogens is 3. The molecule has 170 valence electrons. The zero-order valence-corrected chi connectivity index (χ0v) is 17.6. The first-order valence-electron chi connectivity index (χ1n) is 9.97. The van der Waals surface area contributed by atoms with Gasteiger partial charge < -0.3 is 14.4 Å². The van der Waals surface area contributed by atoms with Crippen LogP contribution in [0.2, 0.25) is 0 Å². The predicted molar refractivity (Wildman–Crippen MR) is 107 cm³/mol. The van der Waals surface area contributed by atoms with E-state index in [4.69, 9.17) is 9.47 Å². The first-order valence-corrected chi connectivity index (χ1v) is 9.97. The minimum atomic E-state index is -5.09. The number of fused-ring (bicyclic) bond motifs is 6. The number of esters is 1. The van der Waals surface area contributed by atoms with Crippen molar-refractivity contribution in [1.29, 1.82) is 0 Å². The fraction of sp³-hybridized carbons (Fsp3) is 0.409. The molecular weight excluding hydrogens is 429 g/mol. The van der Waals surface area contributed by atoms with E-state index in [2.05, 4.69) is 0 Å². The zero-order valence-electron chi connectivity index (χ0n) is 17.6. The maximum Gasteiger partial charge on any atom is 0.471 e. The van der Waals surface area contributed by atoms with Crippen molar-refractivity contribution < 1.29 is 37.0 Å². The molecule has 1 fully saturated rings. The van der Waals surface area contributed by atoms with Crippen LogP contribution in [0.5, 0.6) is 0 Å². The molecule has 0 spiro atoms. The number of amides is 1. The molecule has 2 aromatic rings. The number of carbonyl (C=O) groups excluding carboxylic acids is 3. The lowest BCUT2D eigenvalue weighted by atomic mass is 9.68. The molecule has 0 radical (unpaired) electrons. The van der Waals surface area contributed by atoms with Crippen LogP contribution in [-0.4, -0.2) is 54.4 Å². The highest BCUT2D eigenvalue weighted by molar-refractivity contribution is 5.98. The Labute approximate surface area is 181 Å². The van der Waals surface area contributed by atoms with Gasteiger partial charge in [-0.2, -0.15) is 13.2 Å². The summed E-state index contributed by atoms with van der Waals surface area (Å²) in [6, 6.07) is 5.62. The first kappa shape index (κ1) is 21.9. The molecule has 0 unspecified atom stereocenters. The van der Waals surface area contributed by atoms with Crippen molar-refractivity contribution in [3.05, 3.63) is 47.2 Å². The first-order chi connectivity index (χ1) is 15.1. The Bertz CT molecular complexity index is 1150. The summed E-state index contributed by atoms with van der Waals surface area (Å²) in [5.74, 6) is -3.86. The normalized spacial score (nSPS) is 23.8. The van der Waals surface area contributed by atoms with Crippen LogP contribution in [0.3, 0.4) is 0 Å². The predicted octanol–water partition coefficient (Wildman–Crippen LogP) is 3.92. The van der Waals surface area contributed by atoms with Gasteiger partial charge in [0.25, 0.3) is 0 Å². The summed E-state index contributed by atoms with van der Waals surface area (Å²) in [4.78, 5) is 38.8. The molecule has 32 heavy (non-hydrogen) atoms. The van der Waals surface area contributed by atoms with Crippen LogP contribution in [0.15, 0.2) is 35.9 Å². The second-order valence-electron chi connectivity index (χ2n) is 7.77. The van der Waals surface area contributed by atoms with Crippen LogP contribution in [-0.2, 0) is 19.1 Å². The number of nitrogens with zero attached hydrogens (tertiary/aromatic N) is 2. The number of likely N-dealkylation sites (tertiary alicyclic amines) is 1. The third kappa shape index (κ3) is 3.08. The fourth-order valence-corrected chi connectivity index (χ4v) is 5.07. The quantitative estimate of drug-likeness (QED) is 0.486. The summed E-state index contributed by atoms with van der Waals surface area (Å²) in [5, 5.41) is 0.523. The SMILES string of the molecule is C/C=C1/CN(C(=O)C(F)(F)F)[C@H]2C[C@@H]1[C@H](C(=O)OC)c1c2n(C(=O)OC)c2ccccc12. The Morgan fingerprint density at radius 3 is 2.41 bits per heavy atom. The highest BCUT2D eigenvalue weighted by Gasteiger charge is 2.54. The van der Waals surface area contributed by atoms with Crippen LogP contribution in [0.25, 0.3) is 10.9 Å². The summed E-state index contributed by atoms with van der Waals surface area (Å²) >= 11 is 0. The maximum absolute atomic E-state index is 13.5. The summed E-state index contributed by atoms with van der Waals surface area (Å²) < 4.78 is 51.5. The van der Waals surface area contributed by atoms with Crippen molar-refractivity contribution in [3.8, 4) is 0 Å². The Hall–Kier alpha value is -3.30. The maximum atomic E-state index is 13.5. The van der Waals surface area contributed by atoms with Gasteiger partial charge in [0.15, 0.2) is 0 Å². The monoisotopic (exact) mass is 450 g/mol. The lowest BCUT2D eigenvalue weighted by Gasteiger charge is -2.47. The molecule has 2 bridgehead atoms. The van der Waals surface area contributed by atoms with E-state index in [1.807, 2.05) is 0 Å². The van der Waals surface area contributed by atoms with E-state index in [1.165, 1.54) is 11.7 Å². The fourth-order valence-electron chi connectivity index (χ4n) is 5.07. The lowest BCUT2D eigenvalue weighted by Crippen LogP contribution is -2.52. The molecule has 0 N–H and O–H groups in total. The molecule has 7 nitrogen and oxygen atoms in total. The molecule has 4 rings (SSSR count). The molecule has 2 heterocycles.